The van der Waals surface area contributed by atoms with Crippen molar-refractivity contribution in [2.75, 3.05) is 48.5 Å². The van der Waals surface area contributed by atoms with Gasteiger partial charge in [0.25, 0.3) is 0 Å². The van der Waals surface area contributed by atoms with Crippen LogP contribution in [0, 0.1) is 6.92 Å². The number of fused-ring (bicyclic) bond motifs is 2. The zero-order valence-electron chi connectivity index (χ0n) is 29.9. The number of aryl methyl sites for hydroxylation is 1. The van der Waals surface area contributed by atoms with Crippen LogP contribution in [0.2, 0.25) is 0 Å². The molecule has 0 saturated heterocycles. The highest BCUT2D eigenvalue weighted by molar-refractivity contribution is 5.91. The molecule has 4 aromatic rings. The van der Waals surface area contributed by atoms with Crippen LogP contribution in [-0.2, 0) is 36.9 Å². The van der Waals surface area contributed by atoms with E-state index in [1.54, 1.807) is 21.3 Å². The minimum absolute atomic E-state index is 0.0633. The van der Waals surface area contributed by atoms with Crippen LogP contribution in [0.3, 0.4) is 0 Å². The maximum absolute atomic E-state index is 12.8. The predicted molar refractivity (Wildman–Crippen MR) is 195 cm³/mol. The first-order valence-electron chi connectivity index (χ1n) is 17.3. The second kappa shape index (κ2) is 13.8. The summed E-state index contributed by atoms with van der Waals surface area (Å²) in [5, 5.41) is 0. The van der Waals surface area contributed by atoms with Crippen molar-refractivity contribution in [1.29, 1.82) is 0 Å². The number of rotatable bonds is 6. The van der Waals surface area contributed by atoms with E-state index in [4.69, 9.17) is 23.7 Å². The van der Waals surface area contributed by atoms with Crippen LogP contribution >= 0.6 is 0 Å². The average Bonchev–Trinajstić information content (AvgIpc) is 3.12. The van der Waals surface area contributed by atoms with Gasteiger partial charge in [-0.25, -0.2) is 0 Å². The molecule has 0 amide bonds. The Morgan fingerprint density at radius 1 is 0.820 bits per heavy atom. The van der Waals surface area contributed by atoms with Crippen LogP contribution in [0.25, 0.3) is 0 Å². The van der Waals surface area contributed by atoms with Gasteiger partial charge in [-0.1, -0.05) is 24.8 Å². The van der Waals surface area contributed by atoms with Crippen molar-refractivity contribution in [3.05, 3.63) is 112 Å². The van der Waals surface area contributed by atoms with Crippen molar-refractivity contribution in [2.24, 2.45) is 0 Å². The molecule has 4 aliphatic rings. The van der Waals surface area contributed by atoms with E-state index in [1.807, 2.05) is 24.3 Å². The third-order valence-electron chi connectivity index (χ3n) is 10.7. The fourth-order valence-electron chi connectivity index (χ4n) is 7.85. The molecule has 0 fully saturated rings. The summed E-state index contributed by atoms with van der Waals surface area (Å²) in [4.78, 5) is 17.6. The number of ether oxygens (including phenoxy) is 5. The molecule has 4 heterocycles. The third-order valence-corrected chi connectivity index (χ3v) is 10.7. The summed E-state index contributed by atoms with van der Waals surface area (Å²) in [6.07, 6.45) is 4.81. The lowest BCUT2D eigenvalue weighted by molar-refractivity contribution is -0.114. The first-order valence-corrected chi connectivity index (χ1v) is 17.3. The van der Waals surface area contributed by atoms with E-state index >= 15 is 0 Å². The molecular formula is C42H46N2O6. The molecule has 4 aliphatic heterocycles. The number of hydrogen-bond acceptors (Lipinski definition) is 8. The number of likely N-dealkylation sites (N-methyl/N-ethyl adjacent to an activating group) is 2. The summed E-state index contributed by atoms with van der Waals surface area (Å²) in [6.45, 7) is 7.68. The van der Waals surface area contributed by atoms with Crippen LogP contribution < -0.4 is 23.7 Å². The lowest BCUT2D eigenvalue weighted by atomic mass is 9.85. The molecule has 50 heavy (non-hydrogen) atoms. The van der Waals surface area contributed by atoms with Crippen molar-refractivity contribution in [1.82, 2.24) is 9.80 Å². The minimum atomic E-state index is -0.109. The molecular weight excluding hydrogens is 628 g/mol. The van der Waals surface area contributed by atoms with Crippen molar-refractivity contribution in [3.63, 3.8) is 0 Å². The van der Waals surface area contributed by atoms with Gasteiger partial charge < -0.3 is 23.7 Å². The molecule has 6 bridgehead atoms. The van der Waals surface area contributed by atoms with Crippen LogP contribution in [-0.4, -0.2) is 64.1 Å². The normalized spacial score (nSPS) is 18.5. The van der Waals surface area contributed by atoms with E-state index in [9.17, 15) is 4.79 Å². The van der Waals surface area contributed by atoms with Crippen molar-refractivity contribution in [2.45, 2.75) is 51.1 Å². The summed E-state index contributed by atoms with van der Waals surface area (Å²) in [6, 6.07) is 19.0. The monoisotopic (exact) mass is 674 g/mol. The van der Waals surface area contributed by atoms with Crippen LogP contribution in [0.5, 0.6) is 40.2 Å². The van der Waals surface area contributed by atoms with Crippen LogP contribution in [0.4, 0.5) is 0 Å². The molecule has 0 N–H and O–H groups in total. The van der Waals surface area contributed by atoms with Gasteiger partial charge in [0.15, 0.2) is 28.8 Å². The third kappa shape index (κ3) is 6.22. The highest BCUT2D eigenvalue weighted by Gasteiger charge is 2.35. The lowest BCUT2D eigenvalue weighted by Gasteiger charge is -2.38. The van der Waals surface area contributed by atoms with Crippen molar-refractivity contribution in [3.8, 4) is 40.2 Å². The van der Waals surface area contributed by atoms with Gasteiger partial charge in [-0.3, -0.25) is 14.6 Å². The van der Waals surface area contributed by atoms with Gasteiger partial charge in [-0.05, 0) is 128 Å². The number of hydrogen-bond donors (Lipinski definition) is 0. The van der Waals surface area contributed by atoms with E-state index in [2.05, 4.69) is 67.7 Å². The first kappa shape index (κ1) is 33.7. The SMILES string of the molecule is C=CC(=O)Cc1cc(OC)c2cc1C[C@H]1c3c(cc(OC)c(OC)c3Oc3cc4c(cc3C)CCN(C)[C@H]4Cc3ccc(cc3)O2)CCN1C. The molecule has 0 spiro atoms. The number of carbonyl (C=O) groups is 1. The van der Waals surface area contributed by atoms with Gasteiger partial charge in [0, 0.05) is 37.2 Å². The Morgan fingerprint density at radius 2 is 1.54 bits per heavy atom. The van der Waals surface area contributed by atoms with E-state index in [0.717, 1.165) is 71.7 Å². The molecule has 260 valence electrons. The molecule has 0 unspecified atom stereocenters. The summed E-state index contributed by atoms with van der Waals surface area (Å²) < 4.78 is 31.5. The Bertz CT molecular complexity index is 1950. The van der Waals surface area contributed by atoms with Gasteiger partial charge in [0.1, 0.15) is 11.5 Å². The molecule has 8 nitrogen and oxygen atoms in total. The van der Waals surface area contributed by atoms with E-state index in [1.165, 1.54) is 22.8 Å². The number of nitrogens with zero attached hydrogens (tertiary/aromatic N) is 2. The second-order valence-electron chi connectivity index (χ2n) is 13.7. The summed E-state index contributed by atoms with van der Waals surface area (Å²) in [7, 11) is 9.31. The highest BCUT2D eigenvalue weighted by Crippen LogP contribution is 2.51. The Morgan fingerprint density at radius 3 is 2.24 bits per heavy atom. The molecule has 4 aromatic carbocycles. The van der Waals surface area contributed by atoms with Crippen molar-refractivity contribution < 1.29 is 28.5 Å². The first-order chi connectivity index (χ1) is 24.2. The Balaban J connectivity index is 1.48. The van der Waals surface area contributed by atoms with Gasteiger partial charge in [-0.2, -0.15) is 0 Å². The van der Waals surface area contributed by atoms with E-state index in [-0.39, 0.29) is 24.3 Å². The second-order valence-corrected chi connectivity index (χ2v) is 13.7. The molecule has 0 saturated carbocycles. The number of ketones is 1. The lowest BCUT2D eigenvalue weighted by Crippen LogP contribution is -2.34. The average molecular weight is 675 g/mol. The standard InChI is InChI=1S/C42H46N2O6/c1-8-31(45)19-29-22-37(46-5)38-23-30(29)20-35-40-28(14-16-44(35)4)21-39(47-6)41(48-7)42(40)50-36-24-33-27(17-25(36)2)13-15-43(3)34(33)18-26-9-11-32(49-38)12-10-26/h8-12,17,21-24,34-35H,1,13-16,18-20H2,2-7H3/t34-,35-/m0/s1. The predicted octanol–water partition coefficient (Wildman–Crippen LogP) is 7.76. The maximum Gasteiger partial charge on any atom is 0.204 e. The summed E-state index contributed by atoms with van der Waals surface area (Å²) >= 11 is 0. The van der Waals surface area contributed by atoms with Crippen LogP contribution in [0.1, 0.15) is 56.6 Å². The van der Waals surface area contributed by atoms with Crippen molar-refractivity contribution >= 4 is 5.78 Å². The molecule has 8 rings (SSSR count). The molecule has 2 atom stereocenters. The van der Waals surface area contributed by atoms with E-state index < -0.39 is 0 Å². The number of allylic oxidation sites excluding steroid dienone is 1. The quantitative estimate of drug-likeness (QED) is 0.192. The van der Waals surface area contributed by atoms with Gasteiger partial charge in [0.05, 0.1) is 21.3 Å². The Labute approximate surface area is 295 Å². The van der Waals surface area contributed by atoms with E-state index in [0.29, 0.717) is 35.2 Å². The zero-order chi connectivity index (χ0) is 35.1. The fourth-order valence-corrected chi connectivity index (χ4v) is 7.85. The van der Waals surface area contributed by atoms with Crippen LogP contribution in [0.15, 0.2) is 67.3 Å². The highest BCUT2D eigenvalue weighted by atomic mass is 16.5. The Hall–Kier alpha value is -4.79. The Kier molecular flexibility index (Phi) is 9.33. The number of methoxy groups -OCH3 is 3. The summed E-state index contributed by atoms with van der Waals surface area (Å²) in [5.41, 5.74) is 8.98. The fraction of sp³-hybridized carbons (Fsp3) is 0.357. The van der Waals surface area contributed by atoms with Gasteiger partial charge >= 0.3 is 0 Å². The largest absolute Gasteiger partial charge is 0.493 e. The number of benzene rings is 4. The van der Waals surface area contributed by atoms with Gasteiger partial charge in [-0.15, -0.1) is 0 Å². The minimum Gasteiger partial charge on any atom is -0.493 e. The topological polar surface area (TPSA) is 69.7 Å². The smallest absolute Gasteiger partial charge is 0.204 e. The number of carbonyl (C=O) groups excluding carboxylic acids is 1. The van der Waals surface area contributed by atoms with Gasteiger partial charge in [0.2, 0.25) is 5.75 Å². The molecule has 0 aliphatic carbocycles. The maximum atomic E-state index is 12.8. The zero-order valence-corrected chi connectivity index (χ0v) is 29.9. The molecule has 0 radical (unpaired) electrons. The molecule has 0 aromatic heterocycles. The molecule has 8 heteroatoms. The summed E-state index contributed by atoms with van der Waals surface area (Å²) in [5.74, 6) is 4.48.